The third kappa shape index (κ3) is 3.22. The minimum Gasteiger partial charge on any atom is -0.462 e. The molecule has 0 aliphatic carbocycles. The maximum absolute atomic E-state index is 12.8. The fraction of sp³-hybridized carbons (Fsp3) is 0.130. The van der Waals surface area contributed by atoms with Gasteiger partial charge < -0.3 is 9.30 Å². The molecule has 0 radical (unpaired) electrons. The van der Waals surface area contributed by atoms with Gasteiger partial charge in [0, 0.05) is 22.6 Å². The van der Waals surface area contributed by atoms with Crippen LogP contribution in [0.1, 0.15) is 22.8 Å². The number of fused-ring (bicyclic) bond motifs is 2. The zero-order valence-electron chi connectivity index (χ0n) is 15.3. The molecule has 0 amide bonds. The van der Waals surface area contributed by atoms with E-state index in [4.69, 9.17) is 4.74 Å². The fourth-order valence-electron chi connectivity index (χ4n) is 3.41. The number of carbonyl (C=O) groups is 1. The average molecular weight is 436 g/mol. The second-order valence-corrected chi connectivity index (χ2v) is 7.29. The van der Waals surface area contributed by atoms with Crippen LogP contribution in [0.4, 0.5) is 0 Å². The van der Waals surface area contributed by atoms with E-state index in [1.165, 1.54) is 0 Å². The number of carbonyl (C=O) groups excluding carboxylic acids is 1. The van der Waals surface area contributed by atoms with E-state index in [1.54, 1.807) is 25.3 Å². The Morgan fingerprint density at radius 1 is 1.00 bits per heavy atom. The predicted octanol–water partition coefficient (Wildman–Crippen LogP) is 5.14. The highest BCUT2D eigenvalue weighted by atomic mass is 79.9. The maximum atomic E-state index is 12.8. The van der Waals surface area contributed by atoms with Gasteiger partial charge >= 0.3 is 5.97 Å². The number of aromatic nitrogens is 1. The number of pyridine rings is 1. The summed E-state index contributed by atoms with van der Waals surface area (Å²) in [5.74, 6) is -0.593. The monoisotopic (exact) mass is 435 g/mol. The number of halogens is 1. The molecule has 0 N–H and O–H groups in total. The van der Waals surface area contributed by atoms with Gasteiger partial charge in [-0.25, -0.2) is 4.79 Å². The van der Waals surface area contributed by atoms with Crippen molar-refractivity contribution in [3.63, 3.8) is 0 Å². The summed E-state index contributed by atoms with van der Waals surface area (Å²) in [4.78, 5) is 25.1. The quantitative estimate of drug-likeness (QED) is 0.416. The van der Waals surface area contributed by atoms with Crippen LogP contribution in [0.25, 0.3) is 21.7 Å². The standard InChI is InChI=1S/C23H18BrNO3/c1-2-28-23(27)19-14-25(20-10-6-5-9-18(20)22(19)26)13-16-12-11-15-7-3-4-8-17(15)21(16)24/h3-12,14H,2,13H2,1H3. The Hall–Kier alpha value is -2.92. The molecule has 0 aliphatic heterocycles. The SMILES string of the molecule is CCOC(=O)c1cn(Cc2ccc3ccccc3c2Br)c2ccccc2c1=O. The van der Waals surface area contributed by atoms with Crippen molar-refractivity contribution in [1.29, 1.82) is 0 Å². The van der Waals surface area contributed by atoms with Crippen molar-refractivity contribution in [2.75, 3.05) is 6.61 Å². The lowest BCUT2D eigenvalue weighted by Gasteiger charge is -2.15. The fourth-order valence-corrected chi connectivity index (χ4v) is 4.03. The van der Waals surface area contributed by atoms with Crippen molar-refractivity contribution < 1.29 is 9.53 Å². The summed E-state index contributed by atoms with van der Waals surface area (Å²) in [6, 6.07) is 19.6. The van der Waals surface area contributed by atoms with Crippen LogP contribution in [0.2, 0.25) is 0 Å². The van der Waals surface area contributed by atoms with Gasteiger partial charge in [-0.1, -0.05) is 48.5 Å². The first-order chi connectivity index (χ1) is 13.6. The second-order valence-electron chi connectivity index (χ2n) is 6.50. The molecule has 4 rings (SSSR count). The summed E-state index contributed by atoms with van der Waals surface area (Å²) >= 11 is 3.72. The zero-order chi connectivity index (χ0) is 19.7. The van der Waals surface area contributed by atoms with E-state index in [2.05, 4.69) is 40.2 Å². The highest BCUT2D eigenvalue weighted by Crippen LogP contribution is 2.29. The Labute approximate surface area is 170 Å². The van der Waals surface area contributed by atoms with Gasteiger partial charge in [0.15, 0.2) is 0 Å². The molecule has 0 atom stereocenters. The molecule has 4 aromatic rings. The molecule has 0 saturated carbocycles. The Balaban J connectivity index is 1.89. The molecule has 0 saturated heterocycles. The number of para-hydroxylation sites is 1. The van der Waals surface area contributed by atoms with Crippen LogP contribution >= 0.6 is 15.9 Å². The zero-order valence-corrected chi connectivity index (χ0v) is 16.9. The lowest BCUT2D eigenvalue weighted by atomic mass is 10.1. The van der Waals surface area contributed by atoms with Gasteiger partial charge in [-0.2, -0.15) is 0 Å². The molecule has 0 fully saturated rings. The molecular weight excluding hydrogens is 418 g/mol. The molecule has 5 heteroatoms. The van der Waals surface area contributed by atoms with Gasteiger partial charge in [0.1, 0.15) is 5.56 Å². The van der Waals surface area contributed by atoms with Crippen LogP contribution in [-0.2, 0) is 11.3 Å². The highest BCUT2D eigenvalue weighted by Gasteiger charge is 2.17. The molecule has 0 bridgehead atoms. The van der Waals surface area contributed by atoms with Gasteiger partial charge in [0.25, 0.3) is 0 Å². The molecule has 4 nitrogen and oxygen atoms in total. The highest BCUT2D eigenvalue weighted by molar-refractivity contribution is 9.10. The number of hydrogen-bond donors (Lipinski definition) is 0. The summed E-state index contributed by atoms with van der Waals surface area (Å²) in [6.07, 6.45) is 1.60. The molecule has 140 valence electrons. The molecule has 1 heterocycles. The number of benzene rings is 3. The Morgan fingerprint density at radius 2 is 1.71 bits per heavy atom. The number of hydrogen-bond acceptors (Lipinski definition) is 3. The number of esters is 1. The number of ether oxygens (including phenoxy) is 1. The minimum atomic E-state index is -0.593. The van der Waals surface area contributed by atoms with E-state index in [1.807, 2.05) is 28.8 Å². The average Bonchev–Trinajstić information content (AvgIpc) is 2.72. The van der Waals surface area contributed by atoms with Crippen LogP contribution in [-0.4, -0.2) is 17.1 Å². The maximum Gasteiger partial charge on any atom is 0.343 e. The first kappa shape index (κ1) is 18.4. The van der Waals surface area contributed by atoms with Crippen molar-refractivity contribution in [2.45, 2.75) is 13.5 Å². The van der Waals surface area contributed by atoms with Crippen molar-refractivity contribution in [2.24, 2.45) is 0 Å². The van der Waals surface area contributed by atoms with Gasteiger partial charge in [-0.3, -0.25) is 4.79 Å². The van der Waals surface area contributed by atoms with Crippen molar-refractivity contribution >= 4 is 43.6 Å². The summed E-state index contributed by atoms with van der Waals surface area (Å²) < 4.78 is 8.02. The normalized spacial score (nSPS) is 11.1. The molecule has 3 aromatic carbocycles. The summed E-state index contributed by atoms with van der Waals surface area (Å²) in [7, 11) is 0. The van der Waals surface area contributed by atoms with Crippen LogP contribution in [0.5, 0.6) is 0 Å². The lowest BCUT2D eigenvalue weighted by Crippen LogP contribution is -2.21. The van der Waals surface area contributed by atoms with E-state index >= 15 is 0 Å². The first-order valence-corrected chi connectivity index (χ1v) is 9.85. The topological polar surface area (TPSA) is 48.3 Å². The molecule has 1 aromatic heterocycles. The Morgan fingerprint density at radius 3 is 2.50 bits per heavy atom. The smallest absolute Gasteiger partial charge is 0.343 e. The third-order valence-corrected chi connectivity index (χ3v) is 5.70. The van der Waals surface area contributed by atoms with Crippen LogP contribution in [0, 0.1) is 0 Å². The largest absolute Gasteiger partial charge is 0.462 e. The van der Waals surface area contributed by atoms with Gasteiger partial charge in [0.2, 0.25) is 5.43 Å². The van der Waals surface area contributed by atoms with Crippen LogP contribution in [0.15, 0.2) is 76.1 Å². The number of rotatable bonds is 4. The Kier molecular flexibility index (Phi) is 5.01. The van der Waals surface area contributed by atoms with Gasteiger partial charge in [-0.15, -0.1) is 0 Å². The molecular formula is C23H18BrNO3. The minimum absolute atomic E-state index is 0.0532. The molecule has 28 heavy (non-hydrogen) atoms. The number of nitrogens with zero attached hydrogens (tertiary/aromatic N) is 1. The second kappa shape index (κ2) is 7.60. The van der Waals surface area contributed by atoms with E-state index in [9.17, 15) is 9.59 Å². The van der Waals surface area contributed by atoms with E-state index in [0.717, 1.165) is 26.3 Å². The van der Waals surface area contributed by atoms with Crippen molar-refractivity contribution in [3.8, 4) is 0 Å². The van der Waals surface area contributed by atoms with E-state index < -0.39 is 5.97 Å². The van der Waals surface area contributed by atoms with E-state index in [-0.39, 0.29) is 17.6 Å². The molecule has 0 spiro atoms. The molecule has 0 unspecified atom stereocenters. The van der Waals surface area contributed by atoms with Gasteiger partial charge in [0.05, 0.1) is 12.1 Å². The van der Waals surface area contributed by atoms with Crippen LogP contribution < -0.4 is 5.43 Å². The van der Waals surface area contributed by atoms with Gasteiger partial charge in [-0.05, 0) is 51.3 Å². The van der Waals surface area contributed by atoms with Crippen LogP contribution in [0.3, 0.4) is 0 Å². The summed E-state index contributed by atoms with van der Waals surface area (Å²) in [5, 5.41) is 2.77. The summed E-state index contributed by atoms with van der Waals surface area (Å²) in [5.41, 5.74) is 1.59. The predicted molar refractivity (Wildman–Crippen MR) is 115 cm³/mol. The summed E-state index contributed by atoms with van der Waals surface area (Å²) in [6.45, 7) is 2.46. The third-order valence-electron chi connectivity index (χ3n) is 4.77. The lowest BCUT2D eigenvalue weighted by molar-refractivity contribution is 0.0524. The van der Waals surface area contributed by atoms with E-state index in [0.29, 0.717) is 11.9 Å². The van der Waals surface area contributed by atoms with Crippen molar-refractivity contribution in [1.82, 2.24) is 4.57 Å². The Bertz CT molecular complexity index is 1260. The van der Waals surface area contributed by atoms with Crippen molar-refractivity contribution in [3.05, 3.63) is 92.7 Å². The first-order valence-electron chi connectivity index (χ1n) is 9.05. The molecule has 0 aliphatic rings.